The van der Waals surface area contributed by atoms with E-state index in [2.05, 4.69) is 10.6 Å². The van der Waals surface area contributed by atoms with Crippen LogP contribution in [0.2, 0.25) is 0 Å². The topological polar surface area (TPSA) is 81.7 Å². The summed E-state index contributed by atoms with van der Waals surface area (Å²) in [6.07, 6.45) is -0.110. The van der Waals surface area contributed by atoms with Crippen molar-refractivity contribution >= 4 is 24.2 Å². The Labute approximate surface area is 132 Å². The zero-order chi connectivity index (χ0) is 14.9. The Morgan fingerprint density at radius 2 is 2.10 bits per heavy atom. The molecule has 0 aromatic carbocycles. The van der Waals surface area contributed by atoms with Gasteiger partial charge in [-0.2, -0.15) is 0 Å². The molecule has 0 aromatic heterocycles. The first-order valence-electron chi connectivity index (χ1n) is 7.26. The number of aliphatic hydroxyl groups excluding tert-OH is 1. The van der Waals surface area contributed by atoms with Crippen LogP contribution in [0.15, 0.2) is 0 Å². The number of hydrogen-bond donors (Lipinski definition) is 3. The van der Waals surface area contributed by atoms with E-state index in [1.54, 1.807) is 4.90 Å². The quantitative estimate of drug-likeness (QED) is 0.670. The van der Waals surface area contributed by atoms with Crippen LogP contribution in [0.25, 0.3) is 0 Å². The third-order valence-electron chi connectivity index (χ3n) is 4.15. The van der Waals surface area contributed by atoms with Crippen molar-refractivity contribution in [3.8, 4) is 0 Å². The van der Waals surface area contributed by atoms with Gasteiger partial charge >= 0.3 is 0 Å². The molecule has 2 aliphatic heterocycles. The number of halogens is 1. The molecule has 0 radical (unpaired) electrons. The lowest BCUT2D eigenvalue weighted by Crippen LogP contribution is -2.43. The molecule has 0 saturated carbocycles. The van der Waals surface area contributed by atoms with Crippen LogP contribution in [0, 0.1) is 11.8 Å². The van der Waals surface area contributed by atoms with E-state index in [4.69, 9.17) is 0 Å². The predicted octanol–water partition coefficient (Wildman–Crippen LogP) is -0.248. The average molecular weight is 320 g/mol. The smallest absolute Gasteiger partial charge is 0.225 e. The van der Waals surface area contributed by atoms with E-state index >= 15 is 0 Å². The van der Waals surface area contributed by atoms with Gasteiger partial charge in [-0.3, -0.25) is 9.59 Å². The number of likely N-dealkylation sites (tertiary alicyclic amines) is 1. The van der Waals surface area contributed by atoms with Crippen LogP contribution in [0.3, 0.4) is 0 Å². The summed E-state index contributed by atoms with van der Waals surface area (Å²) in [7, 11) is 0. The zero-order valence-electron chi connectivity index (χ0n) is 12.9. The first-order chi connectivity index (χ1) is 9.29. The van der Waals surface area contributed by atoms with Gasteiger partial charge in [0.25, 0.3) is 0 Å². The lowest BCUT2D eigenvalue weighted by Gasteiger charge is -2.32. The fourth-order valence-electron chi connectivity index (χ4n) is 2.83. The number of amides is 2. The Balaban J connectivity index is 0.00000220. The maximum absolute atomic E-state index is 12.1. The molecule has 3 N–H and O–H groups in total. The summed E-state index contributed by atoms with van der Waals surface area (Å²) in [6, 6.07) is 0. The molecule has 6 nitrogen and oxygen atoms in total. The highest BCUT2D eigenvalue weighted by Gasteiger charge is 2.39. The fraction of sp³-hybridized carbons (Fsp3) is 0.857. The van der Waals surface area contributed by atoms with Gasteiger partial charge in [0.05, 0.1) is 12.0 Å². The first kappa shape index (κ1) is 18.2. The van der Waals surface area contributed by atoms with E-state index in [9.17, 15) is 14.7 Å². The monoisotopic (exact) mass is 319 g/mol. The summed E-state index contributed by atoms with van der Waals surface area (Å²) >= 11 is 0. The Morgan fingerprint density at radius 3 is 2.57 bits per heavy atom. The third kappa shape index (κ3) is 4.31. The number of nitrogens with one attached hydrogen (secondary N) is 2. The third-order valence-corrected chi connectivity index (χ3v) is 4.15. The summed E-state index contributed by atoms with van der Waals surface area (Å²) < 4.78 is 0. The van der Waals surface area contributed by atoms with E-state index < -0.39 is 6.10 Å². The largest absolute Gasteiger partial charge is 0.391 e. The maximum Gasteiger partial charge on any atom is 0.225 e. The van der Waals surface area contributed by atoms with Crippen LogP contribution in [-0.2, 0) is 9.59 Å². The van der Waals surface area contributed by atoms with Crippen molar-refractivity contribution in [3.63, 3.8) is 0 Å². The van der Waals surface area contributed by atoms with Gasteiger partial charge in [0, 0.05) is 44.1 Å². The second kappa shape index (κ2) is 6.94. The lowest BCUT2D eigenvalue weighted by atomic mass is 10.0. The molecule has 3 unspecified atom stereocenters. The molecular weight excluding hydrogens is 294 g/mol. The van der Waals surface area contributed by atoms with Crippen LogP contribution in [-0.4, -0.2) is 59.6 Å². The molecule has 0 aliphatic carbocycles. The highest BCUT2D eigenvalue weighted by atomic mass is 35.5. The molecule has 0 aromatic rings. The van der Waals surface area contributed by atoms with Crippen LogP contribution in [0.5, 0.6) is 0 Å². The number of carbonyl (C=O) groups is 2. The molecule has 2 heterocycles. The summed E-state index contributed by atoms with van der Waals surface area (Å²) in [4.78, 5) is 25.8. The lowest BCUT2D eigenvalue weighted by molar-refractivity contribution is -0.132. The molecule has 21 heavy (non-hydrogen) atoms. The van der Waals surface area contributed by atoms with Crippen LogP contribution < -0.4 is 10.6 Å². The Hall–Kier alpha value is -0.850. The van der Waals surface area contributed by atoms with Gasteiger partial charge in [-0.05, 0) is 20.8 Å². The first-order valence-corrected chi connectivity index (χ1v) is 7.26. The van der Waals surface area contributed by atoms with Gasteiger partial charge in [0.1, 0.15) is 0 Å². The van der Waals surface area contributed by atoms with E-state index in [1.807, 2.05) is 20.8 Å². The molecule has 3 atom stereocenters. The molecule has 2 aliphatic rings. The van der Waals surface area contributed by atoms with E-state index in [1.165, 1.54) is 0 Å². The van der Waals surface area contributed by atoms with Gasteiger partial charge in [-0.25, -0.2) is 0 Å². The summed E-state index contributed by atoms with van der Waals surface area (Å²) in [5.41, 5.74) is -0.238. The normalized spacial score (nSPS) is 29.4. The molecule has 7 heteroatoms. The minimum Gasteiger partial charge on any atom is -0.391 e. The van der Waals surface area contributed by atoms with Crippen molar-refractivity contribution in [3.05, 3.63) is 0 Å². The fourth-order valence-corrected chi connectivity index (χ4v) is 2.83. The molecule has 2 fully saturated rings. The van der Waals surface area contributed by atoms with Gasteiger partial charge in [0.15, 0.2) is 0 Å². The molecule has 0 bridgehead atoms. The number of hydrogen-bond acceptors (Lipinski definition) is 4. The minimum atomic E-state index is -0.397. The number of aliphatic hydroxyl groups is 1. The number of β-amino-alcohol motifs (C(OH)–C–C–N with tert-alkyl or cyclic N) is 1. The van der Waals surface area contributed by atoms with Crippen molar-refractivity contribution in [2.24, 2.45) is 11.8 Å². The number of nitrogens with zero attached hydrogens (tertiary/aromatic N) is 1. The van der Waals surface area contributed by atoms with E-state index in [0.29, 0.717) is 19.6 Å². The van der Waals surface area contributed by atoms with E-state index in [-0.39, 0.29) is 48.0 Å². The molecule has 0 spiro atoms. The summed E-state index contributed by atoms with van der Waals surface area (Å²) in [5, 5.41) is 15.6. The summed E-state index contributed by atoms with van der Waals surface area (Å²) in [6.45, 7) is 8.19. The number of rotatable bonds is 3. The van der Waals surface area contributed by atoms with Crippen molar-refractivity contribution in [2.45, 2.75) is 38.8 Å². The SMILES string of the molecule is CC(C)(C)N1CC(C(=O)NCC2CNCC2O)CC1=O.Cl. The molecule has 122 valence electrons. The second-order valence-electron chi connectivity index (χ2n) is 6.81. The molecular formula is C14H26ClN3O3. The molecule has 2 saturated heterocycles. The van der Waals surface area contributed by atoms with Gasteiger partial charge in [0.2, 0.25) is 11.8 Å². The van der Waals surface area contributed by atoms with Gasteiger partial charge < -0.3 is 20.6 Å². The van der Waals surface area contributed by atoms with Gasteiger partial charge in [-0.15, -0.1) is 12.4 Å². The molecule has 2 rings (SSSR count). The Morgan fingerprint density at radius 1 is 1.43 bits per heavy atom. The molecule has 2 amide bonds. The highest BCUT2D eigenvalue weighted by molar-refractivity contribution is 5.89. The Kier molecular flexibility index (Phi) is 6.01. The van der Waals surface area contributed by atoms with Crippen molar-refractivity contribution < 1.29 is 14.7 Å². The zero-order valence-corrected chi connectivity index (χ0v) is 13.7. The van der Waals surface area contributed by atoms with Crippen molar-refractivity contribution in [2.75, 3.05) is 26.2 Å². The summed E-state index contributed by atoms with van der Waals surface area (Å²) in [5.74, 6) is -0.243. The van der Waals surface area contributed by atoms with Crippen LogP contribution >= 0.6 is 12.4 Å². The standard InChI is InChI=1S/C14H25N3O3.ClH/c1-14(2,3)17-8-9(4-12(17)19)13(20)16-6-10-5-15-7-11(10)18;/h9-11,15,18H,4-8H2,1-3H3,(H,16,20);1H. The predicted molar refractivity (Wildman–Crippen MR) is 82.2 cm³/mol. The van der Waals surface area contributed by atoms with Gasteiger partial charge in [-0.1, -0.05) is 0 Å². The second-order valence-corrected chi connectivity index (χ2v) is 6.81. The number of carbonyl (C=O) groups excluding carboxylic acids is 2. The van der Waals surface area contributed by atoms with Crippen LogP contribution in [0.4, 0.5) is 0 Å². The van der Waals surface area contributed by atoms with Crippen molar-refractivity contribution in [1.29, 1.82) is 0 Å². The average Bonchev–Trinajstić information content (AvgIpc) is 2.92. The van der Waals surface area contributed by atoms with Crippen LogP contribution in [0.1, 0.15) is 27.2 Å². The maximum atomic E-state index is 12.1. The Bertz CT molecular complexity index is 397. The van der Waals surface area contributed by atoms with E-state index in [0.717, 1.165) is 6.54 Å². The van der Waals surface area contributed by atoms with Crippen molar-refractivity contribution in [1.82, 2.24) is 15.5 Å². The highest BCUT2D eigenvalue weighted by Crippen LogP contribution is 2.25. The minimum absolute atomic E-state index is 0.